The van der Waals surface area contributed by atoms with Gasteiger partial charge in [0.1, 0.15) is 0 Å². The van der Waals surface area contributed by atoms with E-state index in [1.54, 1.807) is 24.5 Å². The number of carbonyl (C=O) groups is 1. The van der Waals surface area contributed by atoms with E-state index in [-0.39, 0.29) is 29.2 Å². The molecule has 0 saturated carbocycles. The van der Waals surface area contributed by atoms with E-state index in [0.717, 1.165) is 17.5 Å². The van der Waals surface area contributed by atoms with Crippen LogP contribution in [0.5, 0.6) is 0 Å². The van der Waals surface area contributed by atoms with Gasteiger partial charge in [0.05, 0.1) is 16.8 Å². The number of primary amides is 1. The SMILES string of the molecule is NC(=O)c1ccc(-c2ccc(CCNC[C@H](O)c3cccnc3)cc2)c(S(=O)(=O)CCCO)c1. The van der Waals surface area contributed by atoms with E-state index in [2.05, 4.69) is 10.3 Å². The van der Waals surface area contributed by atoms with Crippen LogP contribution in [0.4, 0.5) is 0 Å². The van der Waals surface area contributed by atoms with Crippen LogP contribution >= 0.6 is 0 Å². The standard InChI is InChI=1S/C25H29N3O5S/c26-25(31)20-8-9-22(24(15-20)34(32,33)14-2-13-29)19-6-4-18(5-7-19)10-12-28-17-23(30)21-3-1-11-27-16-21/h1,3-9,11,15-16,23,28-30H,2,10,12-14,17H2,(H2,26,31)/t23-/m0/s1. The van der Waals surface area contributed by atoms with Gasteiger partial charge < -0.3 is 21.3 Å². The molecule has 0 bridgehead atoms. The molecule has 1 heterocycles. The maximum Gasteiger partial charge on any atom is 0.248 e. The van der Waals surface area contributed by atoms with Crippen molar-refractivity contribution < 1.29 is 23.4 Å². The normalized spacial score (nSPS) is 12.4. The van der Waals surface area contributed by atoms with Gasteiger partial charge >= 0.3 is 0 Å². The molecule has 1 atom stereocenters. The monoisotopic (exact) mass is 483 g/mol. The first-order chi connectivity index (χ1) is 16.3. The van der Waals surface area contributed by atoms with Crippen molar-refractivity contribution in [1.29, 1.82) is 0 Å². The summed E-state index contributed by atoms with van der Waals surface area (Å²) in [5, 5.41) is 22.5. The average Bonchev–Trinajstić information content (AvgIpc) is 2.85. The molecule has 3 rings (SSSR count). The van der Waals surface area contributed by atoms with Gasteiger partial charge in [0, 0.05) is 42.2 Å². The number of hydrogen-bond donors (Lipinski definition) is 4. The first kappa shape index (κ1) is 25.5. The second kappa shape index (κ2) is 11.8. The fourth-order valence-corrected chi connectivity index (χ4v) is 5.11. The molecular weight excluding hydrogens is 454 g/mol. The Morgan fingerprint density at radius 2 is 1.88 bits per heavy atom. The number of carbonyl (C=O) groups excluding carboxylic acids is 1. The Hall–Kier alpha value is -3.11. The summed E-state index contributed by atoms with van der Waals surface area (Å²) in [6.07, 6.45) is 3.49. The van der Waals surface area contributed by atoms with Crippen molar-refractivity contribution in [2.24, 2.45) is 5.73 Å². The number of amides is 1. The lowest BCUT2D eigenvalue weighted by atomic mass is 10.0. The molecule has 9 heteroatoms. The number of sulfone groups is 1. The summed E-state index contributed by atoms with van der Waals surface area (Å²) in [5.74, 6) is -0.936. The Kier molecular flexibility index (Phi) is 8.89. The third-order valence-corrected chi connectivity index (χ3v) is 7.27. The van der Waals surface area contributed by atoms with Gasteiger partial charge in [-0.2, -0.15) is 0 Å². The van der Waals surface area contributed by atoms with E-state index in [9.17, 15) is 18.3 Å². The summed E-state index contributed by atoms with van der Waals surface area (Å²) in [7, 11) is -3.72. The van der Waals surface area contributed by atoms with Gasteiger partial charge in [-0.05, 0) is 48.7 Å². The third-order valence-electron chi connectivity index (χ3n) is 5.43. The molecule has 0 aliphatic heterocycles. The lowest BCUT2D eigenvalue weighted by molar-refractivity contribution is 0.1000. The van der Waals surface area contributed by atoms with Crippen molar-refractivity contribution in [3.05, 3.63) is 83.7 Å². The molecule has 8 nitrogen and oxygen atoms in total. The average molecular weight is 484 g/mol. The molecule has 180 valence electrons. The number of nitrogens with two attached hydrogens (primary N) is 1. The number of benzene rings is 2. The van der Waals surface area contributed by atoms with E-state index >= 15 is 0 Å². The molecule has 0 unspecified atom stereocenters. The van der Waals surface area contributed by atoms with Crippen LogP contribution in [0, 0.1) is 0 Å². The van der Waals surface area contributed by atoms with Crippen molar-refractivity contribution in [3.63, 3.8) is 0 Å². The first-order valence-electron chi connectivity index (χ1n) is 11.0. The molecule has 0 spiro atoms. The lowest BCUT2D eigenvalue weighted by Crippen LogP contribution is -2.23. The van der Waals surface area contributed by atoms with E-state index in [0.29, 0.717) is 24.2 Å². The highest BCUT2D eigenvalue weighted by atomic mass is 32.2. The molecule has 1 amide bonds. The fraction of sp³-hybridized carbons (Fsp3) is 0.280. The van der Waals surface area contributed by atoms with Gasteiger partial charge in [0.25, 0.3) is 0 Å². The van der Waals surface area contributed by atoms with Crippen LogP contribution in [-0.2, 0) is 16.3 Å². The highest BCUT2D eigenvalue weighted by Crippen LogP contribution is 2.30. The second-order valence-corrected chi connectivity index (χ2v) is 10.0. The minimum absolute atomic E-state index is 0.0241. The molecule has 0 radical (unpaired) electrons. The van der Waals surface area contributed by atoms with E-state index in [4.69, 9.17) is 10.8 Å². The lowest BCUT2D eigenvalue weighted by Gasteiger charge is -2.13. The minimum atomic E-state index is -3.72. The van der Waals surface area contributed by atoms with Crippen LogP contribution < -0.4 is 11.1 Å². The van der Waals surface area contributed by atoms with Crippen LogP contribution in [0.1, 0.15) is 34.0 Å². The van der Waals surface area contributed by atoms with Gasteiger partial charge in [0.2, 0.25) is 5.91 Å². The molecule has 3 aromatic rings. The van der Waals surface area contributed by atoms with E-state index < -0.39 is 21.8 Å². The fourth-order valence-electron chi connectivity index (χ4n) is 3.55. The van der Waals surface area contributed by atoms with Gasteiger partial charge in [-0.25, -0.2) is 8.42 Å². The topological polar surface area (TPSA) is 143 Å². The summed E-state index contributed by atoms with van der Waals surface area (Å²) in [4.78, 5) is 15.6. The van der Waals surface area contributed by atoms with Gasteiger partial charge in [-0.15, -0.1) is 0 Å². The summed E-state index contributed by atoms with van der Waals surface area (Å²) in [6.45, 7) is 0.821. The summed E-state index contributed by atoms with van der Waals surface area (Å²) in [6, 6.07) is 15.5. The van der Waals surface area contributed by atoms with E-state index in [1.165, 1.54) is 12.1 Å². The van der Waals surface area contributed by atoms with Crippen molar-refractivity contribution >= 4 is 15.7 Å². The van der Waals surface area contributed by atoms with Crippen molar-refractivity contribution in [2.75, 3.05) is 25.4 Å². The summed E-state index contributed by atoms with van der Waals surface area (Å²) in [5.41, 5.74) is 8.44. The summed E-state index contributed by atoms with van der Waals surface area (Å²) < 4.78 is 25.7. The highest BCUT2D eigenvalue weighted by Gasteiger charge is 2.21. The number of nitrogens with one attached hydrogen (secondary N) is 1. The third kappa shape index (κ3) is 6.71. The van der Waals surface area contributed by atoms with Gasteiger partial charge in [0.15, 0.2) is 9.84 Å². The maximum absolute atomic E-state index is 12.9. The van der Waals surface area contributed by atoms with Gasteiger partial charge in [-0.1, -0.05) is 36.4 Å². The number of hydrogen-bond acceptors (Lipinski definition) is 7. The zero-order valence-corrected chi connectivity index (χ0v) is 19.5. The van der Waals surface area contributed by atoms with Crippen LogP contribution in [-0.4, -0.2) is 55.0 Å². The molecule has 1 aromatic heterocycles. The van der Waals surface area contributed by atoms with Crippen LogP contribution in [0.2, 0.25) is 0 Å². The number of pyridine rings is 1. The quantitative estimate of drug-likeness (QED) is 0.288. The number of aliphatic hydroxyl groups is 2. The van der Waals surface area contributed by atoms with E-state index in [1.807, 2.05) is 30.3 Å². The number of nitrogens with zero attached hydrogens (tertiary/aromatic N) is 1. The largest absolute Gasteiger partial charge is 0.396 e. The Morgan fingerprint density at radius 3 is 2.53 bits per heavy atom. The zero-order valence-electron chi connectivity index (χ0n) is 18.7. The molecule has 0 fully saturated rings. The maximum atomic E-state index is 12.9. The van der Waals surface area contributed by atoms with Gasteiger partial charge in [-0.3, -0.25) is 9.78 Å². The number of aromatic nitrogens is 1. The Balaban J connectivity index is 1.69. The Morgan fingerprint density at radius 1 is 1.12 bits per heavy atom. The molecule has 34 heavy (non-hydrogen) atoms. The molecule has 2 aromatic carbocycles. The zero-order chi connectivity index (χ0) is 24.6. The number of aliphatic hydroxyl groups excluding tert-OH is 2. The predicted octanol–water partition coefficient (Wildman–Crippen LogP) is 1.87. The molecule has 5 N–H and O–H groups in total. The second-order valence-electron chi connectivity index (χ2n) is 7.92. The van der Waals surface area contributed by atoms with Crippen molar-refractivity contribution in [3.8, 4) is 11.1 Å². The molecule has 0 aliphatic rings. The first-order valence-corrected chi connectivity index (χ1v) is 12.6. The molecule has 0 aliphatic carbocycles. The predicted molar refractivity (Wildman–Crippen MR) is 130 cm³/mol. The highest BCUT2D eigenvalue weighted by molar-refractivity contribution is 7.91. The Labute approximate surface area is 199 Å². The van der Waals surface area contributed by atoms with Crippen LogP contribution in [0.3, 0.4) is 0 Å². The van der Waals surface area contributed by atoms with Crippen molar-refractivity contribution in [2.45, 2.75) is 23.8 Å². The van der Waals surface area contributed by atoms with Crippen LogP contribution in [0.15, 0.2) is 71.9 Å². The minimum Gasteiger partial charge on any atom is -0.396 e. The smallest absolute Gasteiger partial charge is 0.248 e. The Bertz CT molecular complexity index is 1200. The number of rotatable bonds is 12. The molecular formula is C25H29N3O5S. The summed E-state index contributed by atoms with van der Waals surface area (Å²) >= 11 is 0. The van der Waals surface area contributed by atoms with Crippen LogP contribution in [0.25, 0.3) is 11.1 Å². The molecule has 0 saturated heterocycles. The van der Waals surface area contributed by atoms with Crippen molar-refractivity contribution in [1.82, 2.24) is 10.3 Å².